The average Bonchev–Trinajstić information content (AvgIpc) is 2.54. The molecule has 1 N–H and O–H groups in total. The van der Waals surface area contributed by atoms with Gasteiger partial charge in [0.05, 0.1) is 14.2 Å². The van der Waals surface area contributed by atoms with Gasteiger partial charge < -0.3 is 14.8 Å². The van der Waals surface area contributed by atoms with Crippen LogP contribution in [0.15, 0.2) is 18.2 Å². The predicted molar refractivity (Wildman–Crippen MR) is 86.1 cm³/mol. The van der Waals surface area contributed by atoms with Crippen LogP contribution in [0.3, 0.4) is 0 Å². The molecule has 21 heavy (non-hydrogen) atoms. The average molecular weight is 292 g/mol. The smallest absolute Gasteiger partial charge is 0.161 e. The Kier molecular flexibility index (Phi) is 5.88. The number of piperazine rings is 1. The highest BCUT2D eigenvalue weighted by Crippen LogP contribution is 2.28. The van der Waals surface area contributed by atoms with Gasteiger partial charge in [0.2, 0.25) is 0 Å². The molecular weight excluding hydrogens is 264 g/mol. The summed E-state index contributed by atoms with van der Waals surface area (Å²) in [4.78, 5) is 2.52. The Morgan fingerprint density at radius 3 is 2.71 bits per heavy atom. The van der Waals surface area contributed by atoms with E-state index in [2.05, 4.69) is 36.2 Å². The minimum Gasteiger partial charge on any atom is -0.493 e. The van der Waals surface area contributed by atoms with Crippen molar-refractivity contribution in [3.8, 4) is 11.5 Å². The van der Waals surface area contributed by atoms with Crippen molar-refractivity contribution in [2.24, 2.45) is 5.92 Å². The number of methoxy groups -OCH3 is 2. The van der Waals surface area contributed by atoms with E-state index in [1.54, 1.807) is 14.2 Å². The zero-order valence-corrected chi connectivity index (χ0v) is 13.7. The van der Waals surface area contributed by atoms with Crippen LogP contribution >= 0.6 is 0 Å². The summed E-state index contributed by atoms with van der Waals surface area (Å²) >= 11 is 0. The number of nitrogens with one attached hydrogen (secondary N) is 1. The van der Waals surface area contributed by atoms with Gasteiger partial charge in [-0.05, 0) is 23.6 Å². The van der Waals surface area contributed by atoms with E-state index in [4.69, 9.17) is 9.47 Å². The third kappa shape index (κ3) is 4.11. The molecular formula is C17H28N2O2. The number of hydrogen-bond donors (Lipinski definition) is 1. The molecule has 1 heterocycles. The minimum atomic E-state index is 0.601. The van der Waals surface area contributed by atoms with E-state index in [1.807, 2.05) is 6.07 Å². The van der Waals surface area contributed by atoms with Gasteiger partial charge in [-0.3, -0.25) is 4.90 Å². The van der Waals surface area contributed by atoms with Crippen molar-refractivity contribution < 1.29 is 9.47 Å². The molecule has 2 unspecified atom stereocenters. The maximum atomic E-state index is 5.39. The van der Waals surface area contributed by atoms with Gasteiger partial charge in [0, 0.05) is 32.2 Å². The maximum Gasteiger partial charge on any atom is 0.161 e. The first-order valence-corrected chi connectivity index (χ1v) is 7.84. The molecule has 0 aliphatic carbocycles. The van der Waals surface area contributed by atoms with Gasteiger partial charge in [0.25, 0.3) is 0 Å². The summed E-state index contributed by atoms with van der Waals surface area (Å²) in [7, 11) is 3.36. The number of rotatable bonds is 6. The van der Waals surface area contributed by atoms with E-state index in [1.165, 1.54) is 12.0 Å². The fourth-order valence-electron chi connectivity index (χ4n) is 2.89. The monoisotopic (exact) mass is 292 g/mol. The third-order valence-corrected chi connectivity index (χ3v) is 4.47. The van der Waals surface area contributed by atoms with Crippen LogP contribution in [0.5, 0.6) is 11.5 Å². The number of nitrogens with zero attached hydrogens (tertiary/aromatic N) is 1. The predicted octanol–water partition coefficient (Wildman–Crippen LogP) is 2.52. The fourth-order valence-corrected chi connectivity index (χ4v) is 2.89. The summed E-state index contributed by atoms with van der Waals surface area (Å²) in [6, 6.07) is 6.80. The molecule has 1 aliphatic rings. The van der Waals surface area contributed by atoms with E-state index >= 15 is 0 Å². The summed E-state index contributed by atoms with van der Waals surface area (Å²) in [5.74, 6) is 2.32. The van der Waals surface area contributed by atoms with Gasteiger partial charge in [0.1, 0.15) is 0 Å². The van der Waals surface area contributed by atoms with Gasteiger partial charge in [-0.2, -0.15) is 0 Å². The van der Waals surface area contributed by atoms with E-state index in [9.17, 15) is 0 Å². The highest BCUT2D eigenvalue weighted by molar-refractivity contribution is 5.42. The van der Waals surface area contributed by atoms with E-state index in [0.29, 0.717) is 6.04 Å². The Bertz CT molecular complexity index is 450. The molecule has 0 amide bonds. The highest BCUT2D eigenvalue weighted by atomic mass is 16.5. The molecule has 1 fully saturated rings. The first-order chi connectivity index (χ1) is 10.2. The maximum absolute atomic E-state index is 5.39. The number of benzene rings is 1. The lowest BCUT2D eigenvalue weighted by molar-refractivity contribution is 0.162. The van der Waals surface area contributed by atoms with Crippen LogP contribution in [0.4, 0.5) is 0 Å². The third-order valence-electron chi connectivity index (χ3n) is 4.47. The zero-order valence-electron chi connectivity index (χ0n) is 13.7. The molecule has 1 aromatic rings. The van der Waals surface area contributed by atoms with Crippen molar-refractivity contribution >= 4 is 0 Å². The molecule has 1 saturated heterocycles. The van der Waals surface area contributed by atoms with Gasteiger partial charge in [-0.15, -0.1) is 0 Å². The Labute approximate surface area is 128 Å². The van der Waals surface area contributed by atoms with Crippen LogP contribution in [0, 0.1) is 5.92 Å². The summed E-state index contributed by atoms with van der Waals surface area (Å²) in [5, 5.41) is 3.64. The second kappa shape index (κ2) is 7.66. The molecule has 0 saturated carbocycles. The number of ether oxygens (including phenoxy) is 2. The number of hydrogen-bond acceptors (Lipinski definition) is 4. The molecule has 2 atom stereocenters. The molecule has 0 spiro atoms. The molecule has 4 nitrogen and oxygen atoms in total. The molecule has 0 radical (unpaired) electrons. The molecule has 118 valence electrons. The van der Waals surface area contributed by atoms with Gasteiger partial charge in [-0.25, -0.2) is 0 Å². The second-order valence-electron chi connectivity index (χ2n) is 5.87. The zero-order chi connectivity index (χ0) is 15.2. The van der Waals surface area contributed by atoms with Gasteiger partial charge in [0.15, 0.2) is 11.5 Å². The van der Waals surface area contributed by atoms with Crippen molar-refractivity contribution in [1.29, 1.82) is 0 Å². The van der Waals surface area contributed by atoms with Crippen molar-refractivity contribution in [2.75, 3.05) is 33.9 Å². The summed E-state index contributed by atoms with van der Waals surface area (Å²) in [5.41, 5.74) is 1.28. The lowest BCUT2D eigenvalue weighted by atomic mass is 9.97. The summed E-state index contributed by atoms with van der Waals surface area (Å²) in [6.07, 6.45) is 1.22. The SMILES string of the molecule is CCC(C)C1CN(Cc2ccc(OC)c(OC)c2)CCN1. The van der Waals surface area contributed by atoms with Crippen molar-refractivity contribution in [1.82, 2.24) is 10.2 Å². The first-order valence-electron chi connectivity index (χ1n) is 7.84. The Hall–Kier alpha value is -1.26. The van der Waals surface area contributed by atoms with Gasteiger partial charge in [-0.1, -0.05) is 26.3 Å². The highest BCUT2D eigenvalue weighted by Gasteiger charge is 2.23. The van der Waals surface area contributed by atoms with Gasteiger partial charge >= 0.3 is 0 Å². The quantitative estimate of drug-likeness (QED) is 0.873. The Morgan fingerprint density at radius 2 is 2.05 bits per heavy atom. The summed E-state index contributed by atoms with van der Waals surface area (Å²) in [6.45, 7) is 8.85. The lowest BCUT2D eigenvalue weighted by Crippen LogP contribution is -2.52. The first kappa shape index (κ1) is 16.1. The Balaban J connectivity index is 2.00. The minimum absolute atomic E-state index is 0.601. The molecule has 4 heteroatoms. The van der Waals surface area contributed by atoms with Crippen LogP contribution in [-0.4, -0.2) is 44.8 Å². The molecule has 1 aliphatic heterocycles. The normalized spacial score (nSPS) is 21.0. The summed E-state index contributed by atoms with van der Waals surface area (Å²) < 4.78 is 10.7. The topological polar surface area (TPSA) is 33.7 Å². The van der Waals surface area contributed by atoms with Crippen molar-refractivity contribution in [3.05, 3.63) is 23.8 Å². The molecule has 0 bridgehead atoms. The second-order valence-corrected chi connectivity index (χ2v) is 5.87. The van der Waals surface area contributed by atoms with Crippen LogP contribution in [0.1, 0.15) is 25.8 Å². The van der Waals surface area contributed by atoms with Crippen molar-refractivity contribution in [2.45, 2.75) is 32.9 Å². The van der Waals surface area contributed by atoms with Crippen LogP contribution < -0.4 is 14.8 Å². The van der Waals surface area contributed by atoms with Crippen LogP contribution in [-0.2, 0) is 6.54 Å². The molecule has 1 aromatic carbocycles. The fraction of sp³-hybridized carbons (Fsp3) is 0.647. The van der Waals surface area contributed by atoms with Crippen LogP contribution in [0.2, 0.25) is 0 Å². The van der Waals surface area contributed by atoms with Crippen LogP contribution in [0.25, 0.3) is 0 Å². The molecule has 2 rings (SSSR count). The standard InChI is InChI=1S/C17H28N2O2/c1-5-13(2)15-12-19(9-8-18-15)11-14-6-7-16(20-3)17(10-14)21-4/h6-7,10,13,15,18H,5,8-9,11-12H2,1-4H3. The van der Waals surface area contributed by atoms with Crippen molar-refractivity contribution in [3.63, 3.8) is 0 Å². The Morgan fingerprint density at radius 1 is 1.29 bits per heavy atom. The van der Waals surface area contributed by atoms with E-state index < -0.39 is 0 Å². The van der Waals surface area contributed by atoms with E-state index in [0.717, 1.165) is 43.6 Å². The largest absolute Gasteiger partial charge is 0.493 e. The molecule has 0 aromatic heterocycles. The lowest BCUT2D eigenvalue weighted by Gasteiger charge is -2.36. The van der Waals surface area contributed by atoms with E-state index in [-0.39, 0.29) is 0 Å².